The van der Waals surface area contributed by atoms with Crippen molar-refractivity contribution in [2.45, 2.75) is 45.8 Å². The Morgan fingerprint density at radius 3 is 2.37 bits per heavy atom. The first-order chi connectivity index (χ1) is 13.1. The van der Waals surface area contributed by atoms with Gasteiger partial charge in [0, 0.05) is 50.2 Å². The van der Waals surface area contributed by atoms with Gasteiger partial charge in [-0.25, -0.2) is 4.68 Å². The molecule has 27 heavy (non-hydrogen) atoms. The third kappa shape index (κ3) is 4.47. The number of hydrogen-bond donors (Lipinski definition) is 0. The molecule has 1 aliphatic heterocycles. The van der Waals surface area contributed by atoms with Gasteiger partial charge in [0.2, 0.25) is 0 Å². The summed E-state index contributed by atoms with van der Waals surface area (Å²) in [6.45, 7) is 11.0. The average molecular weight is 387 g/mol. The fourth-order valence-corrected chi connectivity index (χ4v) is 3.99. The molecule has 0 bridgehead atoms. The molecule has 6 nitrogen and oxygen atoms in total. The van der Waals surface area contributed by atoms with E-state index >= 15 is 0 Å². The minimum absolute atomic E-state index is 0.516. The lowest BCUT2D eigenvalue weighted by Gasteiger charge is -2.34. The zero-order valence-corrected chi connectivity index (χ0v) is 17.2. The van der Waals surface area contributed by atoms with Crippen LogP contribution in [0.3, 0.4) is 0 Å². The normalized spacial score (nSPS) is 19.1. The van der Waals surface area contributed by atoms with E-state index in [-0.39, 0.29) is 0 Å². The van der Waals surface area contributed by atoms with Crippen LogP contribution in [0.5, 0.6) is 0 Å². The van der Waals surface area contributed by atoms with Gasteiger partial charge in [-0.15, -0.1) is 0 Å². The predicted octanol–water partition coefficient (Wildman–Crippen LogP) is 3.43. The van der Waals surface area contributed by atoms with Crippen LogP contribution >= 0.6 is 12.2 Å². The van der Waals surface area contributed by atoms with Crippen molar-refractivity contribution >= 4 is 12.2 Å². The van der Waals surface area contributed by atoms with Gasteiger partial charge in [0.15, 0.2) is 10.6 Å². The minimum Gasteiger partial charge on any atom is -0.301 e. The Morgan fingerprint density at radius 1 is 1.07 bits per heavy atom. The fraction of sp³-hybridized carbons (Fsp3) is 0.650. The van der Waals surface area contributed by atoms with Gasteiger partial charge in [-0.05, 0) is 56.1 Å². The quantitative estimate of drug-likeness (QED) is 0.682. The molecule has 1 saturated carbocycles. The first kappa shape index (κ1) is 18.8. The van der Waals surface area contributed by atoms with Crippen molar-refractivity contribution in [3.05, 3.63) is 29.3 Å². The molecule has 0 atom stereocenters. The maximum Gasteiger partial charge on any atom is 0.199 e. The third-order valence-corrected chi connectivity index (χ3v) is 5.95. The number of aromatic nitrogens is 4. The molecule has 7 heteroatoms. The van der Waals surface area contributed by atoms with E-state index in [1.807, 2.05) is 29.2 Å². The molecule has 1 saturated heterocycles. The molecule has 4 rings (SSSR count). The van der Waals surface area contributed by atoms with E-state index in [9.17, 15) is 0 Å². The van der Waals surface area contributed by atoms with Crippen molar-refractivity contribution in [1.29, 1.82) is 0 Å². The van der Waals surface area contributed by atoms with Gasteiger partial charge in [-0.1, -0.05) is 13.8 Å². The van der Waals surface area contributed by atoms with E-state index < -0.39 is 0 Å². The predicted molar refractivity (Wildman–Crippen MR) is 110 cm³/mol. The summed E-state index contributed by atoms with van der Waals surface area (Å²) in [5, 5.41) is 4.91. The number of hydrogen-bond acceptors (Lipinski definition) is 5. The van der Waals surface area contributed by atoms with E-state index in [0.29, 0.717) is 6.04 Å². The third-order valence-electron chi connectivity index (χ3n) is 5.54. The van der Waals surface area contributed by atoms with E-state index in [1.54, 1.807) is 0 Å². The summed E-state index contributed by atoms with van der Waals surface area (Å²) in [4.78, 5) is 9.19. The highest BCUT2D eigenvalue weighted by Gasteiger charge is 2.29. The zero-order valence-electron chi connectivity index (χ0n) is 16.4. The Bertz CT molecular complexity index is 800. The average Bonchev–Trinajstić information content (AvgIpc) is 3.46. The zero-order chi connectivity index (χ0) is 18.8. The van der Waals surface area contributed by atoms with E-state index in [0.717, 1.165) is 54.9 Å². The summed E-state index contributed by atoms with van der Waals surface area (Å²) in [5.74, 6) is 1.76. The van der Waals surface area contributed by atoms with E-state index in [1.165, 1.54) is 25.8 Å². The van der Waals surface area contributed by atoms with Crippen molar-refractivity contribution in [3.8, 4) is 11.4 Å². The van der Waals surface area contributed by atoms with Crippen LogP contribution in [0.4, 0.5) is 0 Å². The van der Waals surface area contributed by atoms with E-state index in [4.69, 9.17) is 17.3 Å². The highest BCUT2D eigenvalue weighted by molar-refractivity contribution is 7.71. The lowest BCUT2D eigenvalue weighted by Crippen LogP contribution is -2.47. The maximum atomic E-state index is 5.80. The first-order valence-corrected chi connectivity index (χ1v) is 10.6. The van der Waals surface area contributed by atoms with Crippen LogP contribution in [-0.4, -0.2) is 61.9 Å². The number of rotatable bonds is 7. The summed E-state index contributed by atoms with van der Waals surface area (Å²) in [7, 11) is 0. The second-order valence-corrected chi connectivity index (χ2v) is 8.59. The molecule has 2 fully saturated rings. The smallest absolute Gasteiger partial charge is 0.199 e. The molecular weight excluding hydrogens is 356 g/mol. The molecule has 2 aromatic heterocycles. The molecule has 0 spiro atoms. The van der Waals surface area contributed by atoms with Crippen molar-refractivity contribution in [1.82, 2.24) is 29.1 Å². The molecule has 146 valence electrons. The van der Waals surface area contributed by atoms with Gasteiger partial charge >= 0.3 is 0 Å². The first-order valence-electron chi connectivity index (χ1n) is 10.2. The Hall–Kier alpha value is -1.57. The topological polar surface area (TPSA) is 42.1 Å². The molecule has 0 aromatic carbocycles. The van der Waals surface area contributed by atoms with Crippen molar-refractivity contribution in [2.24, 2.45) is 5.92 Å². The van der Waals surface area contributed by atoms with Crippen LogP contribution < -0.4 is 0 Å². The van der Waals surface area contributed by atoms with Crippen LogP contribution in [-0.2, 0) is 6.67 Å². The highest BCUT2D eigenvalue weighted by Crippen LogP contribution is 2.38. The molecule has 0 unspecified atom stereocenters. The molecule has 0 radical (unpaired) electrons. The van der Waals surface area contributed by atoms with Crippen molar-refractivity contribution in [3.63, 3.8) is 0 Å². The van der Waals surface area contributed by atoms with Crippen LogP contribution in [0, 0.1) is 10.7 Å². The fourth-order valence-electron chi connectivity index (χ4n) is 3.66. The second kappa shape index (κ2) is 8.20. The van der Waals surface area contributed by atoms with Gasteiger partial charge in [-0.2, -0.15) is 5.10 Å². The lowest BCUT2D eigenvalue weighted by atomic mass is 10.1. The number of pyridine rings is 1. The summed E-state index contributed by atoms with van der Waals surface area (Å²) in [5.41, 5.74) is 1.10. The van der Waals surface area contributed by atoms with Crippen LogP contribution in [0.15, 0.2) is 24.5 Å². The van der Waals surface area contributed by atoms with Crippen molar-refractivity contribution in [2.75, 3.05) is 32.7 Å². The summed E-state index contributed by atoms with van der Waals surface area (Å²) in [6.07, 6.45) is 7.33. The molecular formula is C20H30N6S. The van der Waals surface area contributed by atoms with E-state index in [2.05, 4.69) is 33.2 Å². The van der Waals surface area contributed by atoms with Crippen LogP contribution in [0.2, 0.25) is 0 Å². The van der Waals surface area contributed by atoms with Gasteiger partial charge in [-0.3, -0.25) is 14.5 Å². The molecule has 1 aliphatic carbocycles. The largest absolute Gasteiger partial charge is 0.301 e. The summed E-state index contributed by atoms with van der Waals surface area (Å²) < 4.78 is 5.13. The van der Waals surface area contributed by atoms with Crippen LogP contribution in [0.1, 0.15) is 39.2 Å². The SMILES string of the molecule is CC(C)CCN1CCN(Cn2nc(-c3ccncc3)n(C3CC3)c2=S)CC1. The Kier molecular flexibility index (Phi) is 5.71. The molecule has 3 heterocycles. The molecule has 0 amide bonds. The Balaban J connectivity index is 1.45. The lowest BCUT2D eigenvalue weighted by molar-refractivity contribution is 0.0993. The molecule has 2 aliphatic rings. The second-order valence-electron chi connectivity index (χ2n) is 8.23. The minimum atomic E-state index is 0.516. The molecule has 0 N–H and O–H groups in total. The van der Waals surface area contributed by atoms with Gasteiger partial charge in [0.25, 0.3) is 0 Å². The monoisotopic (exact) mass is 386 g/mol. The summed E-state index contributed by atoms with van der Waals surface area (Å²) in [6, 6.07) is 4.56. The maximum absolute atomic E-state index is 5.80. The Morgan fingerprint density at radius 2 is 1.74 bits per heavy atom. The van der Waals surface area contributed by atoms with Crippen LogP contribution in [0.25, 0.3) is 11.4 Å². The number of piperazine rings is 1. The van der Waals surface area contributed by atoms with Gasteiger partial charge in [0.05, 0.1) is 6.67 Å². The highest BCUT2D eigenvalue weighted by atomic mass is 32.1. The van der Waals surface area contributed by atoms with Crippen molar-refractivity contribution < 1.29 is 0 Å². The van der Waals surface area contributed by atoms with Gasteiger partial charge in [0.1, 0.15) is 0 Å². The summed E-state index contributed by atoms with van der Waals surface area (Å²) >= 11 is 5.80. The van der Waals surface area contributed by atoms with Gasteiger partial charge < -0.3 is 4.90 Å². The standard InChI is InChI=1S/C20H30N6S/c1-16(2)7-10-23-11-13-24(14-12-23)15-25-20(27)26(18-3-4-18)19(22-25)17-5-8-21-9-6-17/h5-6,8-9,16,18H,3-4,7,10-15H2,1-2H3. The Labute approximate surface area is 166 Å². The molecule has 2 aromatic rings. The number of nitrogens with zero attached hydrogens (tertiary/aromatic N) is 6.